The van der Waals surface area contributed by atoms with Gasteiger partial charge in [0.15, 0.2) is 0 Å². The molecule has 3 heterocycles. The Hall–Kier alpha value is -4.24. The van der Waals surface area contributed by atoms with Crippen LogP contribution in [0.4, 0.5) is 15.8 Å². The maximum Gasteiger partial charge on any atom is 0.247 e. The Morgan fingerprint density at radius 2 is 1.85 bits per heavy atom. The summed E-state index contributed by atoms with van der Waals surface area (Å²) >= 11 is 0. The zero-order valence-electron chi connectivity index (χ0n) is 23.4. The molecule has 0 bridgehead atoms. The predicted molar refractivity (Wildman–Crippen MR) is 159 cm³/mol. The summed E-state index contributed by atoms with van der Waals surface area (Å²) in [6.45, 7) is 8.97. The number of nitrogens with one attached hydrogen (secondary N) is 1. The molecule has 0 atom stereocenters. The molecule has 1 amide bonds. The van der Waals surface area contributed by atoms with Crippen molar-refractivity contribution in [2.75, 3.05) is 56.5 Å². The van der Waals surface area contributed by atoms with Crippen LogP contribution in [0, 0.1) is 5.82 Å². The van der Waals surface area contributed by atoms with Gasteiger partial charge < -0.3 is 24.8 Å². The number of rotatable bonds is 8. The minimum atomic E-state index is -0.294. The Balaban J connectivity index is 1.29. The second-order valence-corrected chi connectivity index (χ2v) is 10.8. The SMILES string of the molecule is C=CC(=O)Nc1cccc(Oc2nc(Cc3ccc(N4CCN(C)CC4)c(F)c3)nc3c2C(N2CCCC2)=CC3)c1. The van der Waals surface area contributed by atoms with Crippen molar-refractivity contribution >= 4 is 23.0 Å². The standard InChI is InChI=1S/C32H35FN6O2/c1-3-30(40)34-23-7-6-8-24(21-23)41-32-31-26(10-12-28(31)38-13-4-5-14-38)35-29(36-32)20-22-9-11-27(25(33)19-22)39-17-15-37(2)16-18-39/h3,6-9,11-12,19,21H,1,4-5,10,13-18,20H2,2H3,(H,34,40). The van der Waals surface area contributed by atoms with E-state index in [1.807, 2.05) is 24.3 Å². The molecule has 1 aromatic heterocycles. The van der Waals surface area contributed by atoms with Crippen molar-refractivity contribution in [2.24, 2.45) is 0 Å². The Morgan fingerprint density at radius 1 is 1.05 bits per heavy atom. The molecule has 3 aromatic rings. The first kappa shape index (κ1) is 27.0. The fraction of sp³-hybridized carbons (Fsp3) is 0.344. The number of hydrogen-bond donors (Lipinski definition) is 1. The van der Waals surface area contributed by atoms with Gasteiger partial charge in [-0.15, -0.1) is 0 Å². The molecule has 2 fully saturated rings. The molecule has 9 heteroatoms. The summed E-state index contributed by atoms with van der Waals surface area (Å²) in [7, 11) is 2.09. The van der Waals surface area contributed by atoms with E-state index >= 15 is 4.39 Å². The number of carbonyl (C=O) groups excluding carboxylic acids is 1. The second-order valence-electron chi connectivity index (χ2n) is 10.8. The zero-order chi connectivity index (χ0) is 28.3. The lowest BCUT2D eigenvalue weighted by Gasteiger charge is -2.34. The van der Waals surface area contributed by atoms with Crippen LogP contribution in [0.5, 0.6) is 11.6 Å². The fourth-order valence-electron chi connectivity index (χ4n) is 5.72. The van der Waals surface area contributed by atoms with E-state index in [0.29, 0.717) is 41.7 Å². The summed E-state index contributed by atoms with van der Waals surface area (Å²) in [4.78, 5) is 28.3. The average molecular weight is 555 g/mol. The molecule has 6 rings (SSSR count). The molecule has 8 nitrogen and oxygen atoms in total. The molecule has 3 aliphatic rings. The average Bonchev–Trinajstić information content (AvgIpc) is 3.64. The molecule has 41 heavy (non-hydrogen) atoms. The van der Waals surface area contributed by atoms with Gasteiger partial charge in [-0.25, -0.2) is 9.37 Å². The van der Waals surface area contributed by atoms with Crippen LogP contribution in [0.1, 0.15) is 35.5 Å². The van der Waals surface area contributed by atoms with E-state index in [-0.39, 0.29) is 11.7 Å². The normalized spacial score (nSPS) is 16.9. The molecule has 2 saturated heterocycles. The first-order chi connectivity index (χ1) is 20.0. The Kier molecular flexibility index (Phi) is 7.69. The molecule has 0 unspecified atom stereocenters. The number of benzene rings is 2. The fourth-order valence-corrected chi connectivity index (χ4v) is 5.72. The maximum absolute atomic E-state index is 15.2. The number of likely N-dealkylation sites (N-methyl/N-ethyl adjacent to an activating group) is 1. The number of carbonyl (C=O) groups is 1. The number of anilines is 2. The van der Waals surface area contributed by atoms with E-state index in [4.69, 9.17) is 14.7 Å². The smallest absolute Gasteiger partial charge is 0.247 e. The van der Waals surface area contributed by atoms with Gasteiger partial charge in [0.1, 0.15) is 17.4 Å². The number of likely N-dealkylation sites (tertiary alicyclic amines) is 1. The minimum absolute atomic E-state index is 0.221. The number of hydrogen-bond acceptors (Lipinski definition) is 7. The van der Waals surface area contributed by atoms with Crippen molar-refractivity contribution in [2.45, 2.75) is 25.7 Å². The number of amides is 1. The lowest BCUT2D eigenvalue weighted by Crippen LogP contribution is -2.44. The van der Waals surface area contributed by atoms with E-state index in [0.717, 1.165) is 74.6 Å². The van der Waals surface area contributed by atoms with Crippen LogP contribution in [0.3, 0.4) is 0 Å². The number of piperazine rings is 1. The number of fused-ring (bicyclic) bond motifs is 1. The molecular formula is C32H35FN6O2. The highest BCUT2D eigenvalue weighted by molar-refractivity contribution is 5.98. The van der Waals surface area contributed by atoms with Gasteiger partial charge in [0, 0.05) is 69.6 Å². The van der Waals surface area contributed by atoms with Gasteiger partial charge >= 0.3 is 0 Å². The van der Waals surface area contributed by atoms with E-state index < -0.39 is 0 Å². The van der Waals surface area contributed by atoms with Crippen molar-refractivity contribution in [1.29, 1.82) is 0 Å². The summed E-state index contributed by atoms with van der Waals surface area (Å²) in [5.74, 6) is 1.09. The predicted octanol–water partition coefficient (Wildman–Crippen LogP) is 4.87. The Morgan fingerprint density at radius 3 is 2.61 bits per heavy atom. The molecule has 2 aliphatic heterocycles. The summed E-state index contributed by atoms with van der Waals surface area (Å²) in [6.07, 6.45) is 6.82. The van der Waals surface area contributed by atoms with Crippen molar-refractivity contribution in [3.8, 4) is 11.6 Å². The number of halogens is 1. The summed E-state index contributed by atoms with van der Waals surface area (Å²) in [6, 6.07) is 12.6. The third kappa shape index (κ3) is 5.95. The largest absolute Gasteiger partial charge is 0.438 e. The first-order valence-corrected chi connectivity index (χ1v) is 14.3. The third-order valence-corrected chi connectivity index (χ3v) is 7.91. The highest BCUT2D eigenvalue weighted by Gasteiger charge is 2.29. The Bertz CT molecular complexity index is 1490. The quantitative estimate of drug-likeness (QED) is 0.399. The molecule has 212 valence electrons. The second kappa shape index (κ2) is 11.7. The van der Waals surface area contributed by atoms with Crippen LogP contribution in [-0.2, 0) is 17.6 Å². The van der Waals surface area contributed by atoms with Gasteiger partial charge in [-0.1, -0.05) is 24.8 Å². The monoisotopic (exact) mass is 554 g/mol. The number of allylic oxidation sites excluding steroid dienone is 1. The van der Waals surface area contributed by atoms with Gasteiger partial charge in [0.05, 0.1) is 16.9 Å². The van der Waals surface area contributed by atoms with E-state index in [2.05, 4.69) is 39.7 Å². The first-order valence-electron chi connectivity index (χ1n) is 14.3. The van der Waals surface area contributed by atoms with Crippen LogP contribution >= 0.6 is 0 Å². The van der Waals surface area contributed by atoms with Crippen LogP contribution in [-0.4, -0.2) is 72.0 Å². The summed E-state index contributed by atoms with van der Waals surface area (Å²) in [5, 5.41) is 2.77. The highest BCUT2D eigenvalue weighted by Crippen LogP contribution is 2.39. The van der Waals surface area contributed by atoms with Crippen molar-refractivity contribution in [1.82, 2.24) is 19.8 Å². The minimum Gasteiger partial charge on any atom is -0.438 e. The zero-order valence-corrected chi connectivity index (χ0v) is 23.4. The summed E-state index contributed by atoms with van der Waals surface area (Å²) in [5.41, 5.74) is 4.99. The van der Waals surface area contributed by atoms with Crippen LogP contribution < -0.4 is 15.0 Å². The molecule has 1 N–H and O–H groups in total. The van der Waals surface area contributed by atoms with E-state index in [9.17, 15) is 4.79 Å². The maximum atomic E-state index is 15.2. The topological polar surface area (TPSA) is 73.8 Å². The molecular weight excluding hydrogens is 519 g/mol. The number of nitrogens with zero attached hydrogens (tertiary/aromatic N) is 5. The highest BCUT2D eigenvalue weighted by atomic mass is 19.1. The molecule has 2 aromatic carbocycles. The van der Waals surface area contributed by atoms with Gasteiger partial charge in [-0.3, -0.25) is 4.79 Å². The lowest BCUT2D eigenvalue weighted by molar-refractivity contribution is -0.111. The Labute approximate surface area is 240 Å². The van der Waals surface area contributed by atoms with Crippen molar-refractivity contribution in [3.63, 3.8) is 0 Å². The van der Waals surface area contributed by atoms with Crippen LogP contribution in [0.2, 0.25) is 0 Å². The van der Waals surface area contributed by atoms with Gasteiger partial charge in [-0.05, 0) is 55.8 Å². The third-order valence-electron chi connectivity index (χ3n) is 7.91. The van der Waals surface area contributed by atoms with Crippen LogP contribution in [0.25, 0.3) is 5.70 Å². The summed E-state index contributed by atoms with van der Waals surface area (Å²) < 4.78 is 21.6. The van der Waals surface area contributed by atoms with Gasteiger partial charge in [0.2, 0.25) is 11.8 Å². The van der Waals surface area contributed by atoms with Crippen molar-refractivity contribution in [3.05, 3.63) is 89.7 Å². The van der Waals surface area contributed by atoms with Gasteiger partial charge in [-0.2, -0.15) is 4.98 Å². The number of aromatic nitrogens is 2. The van der Waals surface area contributed by atoms with Crippen LogP contribution in [0.15, 0.2) is 61.2 Å². The lowest BCUT2D eigenvalue weighted by atomic mass is 10.1. The molecule has 0 spiro atoms. The molecule has 0 saturated carbocycles. The van der Waals surface area contributed by atoms with Crippen molar-refractivity contribution < 1.29 is 13.9 Å². The molecule has 0 radical (unpaired) electrons. The number of ether oxygens (including phenoxy) is 1. The van der Waals surface area contributed by atoms with E-state index in [1.54, 1.807) is 18.2 Å². The molecule has 1 aliphatic carbocycles. The van der Waals surface area contributed by atoms with Gasteiger partial charge in [0.25, 0.3) is 0 Å². The van der Waals surface area contributed by atoms with E-state index in [1.165, 1.54) is 6.08 Å².